The lowest BCUT2D eigenvalue weighted by atomic mass is 9.38. The van der Waals surface area contributed by atoms with E-state index in [2.05, 4.69) is 53.3 Å². The summed E-state index contributed by atoms with van der Waals surface area (Å²) in [5, 5.41) is 126. The highest BCUT2D eigenvalue weighted by molar-refractivity contribution is 5.32. The Labute approximate surface area is 489 Å². The maximum atomic E-state index is 11.6. The number of allylic oxidation sites excluding steroid dienone is 2. The fraction of sp³-hybridized carbons (Fsp3) is 0.934. The molecule has 0 aromatic rings. The second-order valence-electron chi connectivity index (χ2n) is 27.9. The van der Waals surface area contributed by atoms with Crippen LogP contribution < -0.4 is 0 Å². The summed E-state index contributed by atoms with van der Waals surface area (Å²) in [6, 6.07) is 0. The van der Waals surface area contributed by atoms with E-state index in [4.69, 9.17) is 47.4 Å². The van der Waals surface area contributed by atoms with Crippen LogP contribution in [0.15, 0.2) is 24.3 Å². The number of aliphatic hydroxyl groups excluding tert-OH is 11. The van der Waals surface area contributed by atoms with Gasteiger partial charge in [0.05, 0.1) is 87.5 Å². The SMILES string of the molecule is C=C[C@@]12CCC([C@H](C)CC[C@@H](O[C@H]3C[C@@H](O)C[C@@H](CO[C@H]4O[C@H](CO[C@H]5O[C@H](CO)[C@@H](O)C[C@H]5O)[C@@H](O)C[C@H]4O)O3)C(C)(C)O)[C@@]1(C)CC[C@@]1(C)C3CC[C@H](O[C@H]4C[C@@H](O)C[C@@H](CO[C@H]5O[C@H](CO)[C@@H](O)[C@H](O)[C@H]5O)O4)C(C)(C)C3=CCC12. The molecule has 22 heteroatoms. The first-order valence-electron chi connectivity index (χ1n) is 31.0. The second kappa shape index (κ2) is 26.6. The van der Waals surface area contributed by atoms with Crippen LogP contribution >= 0.6 is 0 Å². The molecule has 22 nitrogen and oxygen atoms in total. The summed E-state index contributed by atoms with van der Waals surface area (Å²) in [6.07, 6.45) is -7.00. The van der Waals surface area contributed by atoms with E-state index in [0.29, 0.717) is 36.5 Å². The van der Waals surface area contributed by atoms with Crippen LogP contribution in [-0.2, 0) is 47.4 Å². The van der Waals surface area contributed by atoms with Gasteiger partial charge in [0.15, 0.2) is 31.5 Å². The Balaban J connectivity index is 0.781. The minimum atomic E-state index is -1.57. The van der Waals surface area contributed by atoms with Gasteiger partial charge in [-0.3, -0.25) is 0 Å². The summed E-state index contributed by atoms with van der Waals surface area (Å²) >= 11 is 0. The Hall–Kier alpha value is -1.40. The van der Waals surface area contributed by atoms with Crippen molar-refractivity contribution in [3.63, 3.8) is 0 Å². The number of fused-ring (bicyclic) bond motifs is 5. The van der Waals surface area contributed by atoms with Crippen LogP contribution in [-0.4, -0.2) is 229 Å². The quantitative estimate of drug-likeness (QED) is 0.0731. The Morgan fingerprint density at radius 2 is 1.22 bits per heavy atom. The molecule has 8 fully saturated rings. The van der Waals surface area contributed by atoms with Crippen molar-refractivity contribution >= 4 is 0 Å². The number of aliphatic hydroxyl groups is 12. The van der Waals surface area contributed by atoms with Gasteiger partial charge in [-0.25, -0.2) is 0 Å². The van der Waals surface area contributed by atoms with Crippen molar-refractivity contribution in [3.8, 4) is 0 Å². The molecule has 12 N–H and O–H groups in total. The smallest absolute Gasteiger partial charge is 0.186 e. The molecular formula is C61H102O22. The minimum absolute atomic E-state index is 0.0158. The molecule has 4 aliphatic carbocycles. The van der Waals surface area contributed by atoms with Gasteiger partial charge in [-0.1, -0.05) is 52.3 Å². The highest BCUT2D eigenvalue weighted by Crippen LogP contribution is 2.75. The van der Waals surface area contributed by atoms with Crippen molar-refractivity contribution in [3.05, 3.63) is 24.3 Å². The molecule has 0 aromatic carbocycles. The Morgan fingerprint density at radius 1 is 0.639 bits per heavy atom. The lowest BCUT2D eigenvalue weighted by Gasteiger charge is -2.66. The second-order valence-corrected chi connectivity index (χ2v) is 27.9. The van der Waals surface area contributed by atoms with E-state index in [-0.39, 0.29) is 79.7 Å². The van der Waals surface area contributed by atoms with Crippen LogP contribution in [0.5, 0.6) is 0 Å². The summed E-state index contributed by atoms with van der Waals surface area (Å²) < 4.78 is 60.6. The van der Waals surface area contributed by atoms with Gasteiger partial charge in [-0.15, -0.1) is 6.58 Å². The molecule has 83 heavy (non-hydrogen) atoms. The lowest BCUT2D eigenvalue weighted by Crippen LogP contribution is -2.60. The molecule has 9 aliphatic rings. The first kappa shape index (κ1) is 66.0. The zero-order valence-corrected chi connectivity index (χ0v) is 49.9. The highest BCUT2D eigenvalue weighted by Gasteiger charge is 2.68. The monoisotopic (exact) mass is 1190 g/mol. The third kappa shape index (κ3) is 13.6. The molecule has 0 amide bonds. The Kier molecular flexibility index (Phi) is 21.1. The maximum absolute atomic E-state index is 11.6. The summed E-state index contributed by atoms with van der Waals surface area (Å²) in [7, 11) is 0. The van der Waals surface area contributed by atoms with E-state index in [1.807, 2.05) is 0 Å². The van der Waals surface area contributed by atoms with Gasteiger partial charge in [-0.2, -0.15) is 0 Å². The van der Waals surface area contributed by atoms with Gasteiger partial charge < -0.3 is 109 Å². The molecule has 0 bridgehead atoms. The zero-order chi connectivity index (χ0) is 60.1. The van der Waals surface area contributed by atoms with Crippen molar-refractivity contribution in [1.29, 1.82) is 0 Å². The van der Waals surface area contributed by atoms with Crippen LogP contribution in [0, 0.1) is 45.3 Å². The van der Waals surface area contributed by atoms with Crippen LogP contribution in [0.25, 0.3) is 0 Å². The molecule has 28 atom stereocenters. The molecule has 0 radical (unpaired) electrons. The van der Waals surface area contributed by atoms with Gasteiger partial charge >= 0.3 is 0 Å². The fourth-order valence-corrected chi connectivity index (χ4v) is 17.0. The number of ether oxygens (including phenoxy) is 10. The van der Waals surface area contributed by atoms with Gasteiger partial charge in [0.25, 0.3) is 0 Å². The Morgan fingerprint density at radius 3 is 1.84 bits per heavy atom. The minimum Gasteiger partial charge on any atom is -0.394 e. The first-order chi connectivity index (χ1) is 39.2. The molecular weight excluding hydrogens is 1080 g/mol. The van der Waals surface area contributed by atoms with E-state index in [1.165, 1.54) is 5.57 Å². The molecule has 478 valence electrons. The molecule has 3 saturated carbocycles. The molecule has 5 heterocycles. The van der Waals surface area contributed by atoms with Crippen molar-refractivity contribution in [1.82, 2.24) is 0 Å². The molecule has 0 aromatic heterocycles. The average Bonchev–Trinajstić information content (AvgIpc) is 1.94. The van der Waals surface area contributed by atoms with Gasteiger partial charge in [0, 0.05) is 43.9 Å². The average molecular weight is 1190 g/mol. The Bertz CT molecular complexity index is 2150. The molecule has 5 aliphatic heterocycles. The zero-order valence-electron chi connectivity index (χ0n) is 49.9. The highest BCUT2D eigenvalue weighted by atomic mass is 16.7. The van der Waals surface area contributed by atoms with Crippen LogP contribution in [0.4, 0.5) is 0 Å². The van der Waals surface area contributed by atoms with Crippen molar-refractivity contribution in [2.75, 3.05) is 33.0 Å². The summed E-state index contributed by atoms with van der Waals surface area (Å²) in [5.74, 6) is 1.42. The standard InChI is InChI=1S/C61H102O22/c1-9-61-17-16-36(31(2)10-14-48(58(5,6)73)83-50-23-33(65)20-34(78-50)28-74-54-42(69)25-40(67)45(81-54)30-76-55-41(68)24-39(66)43(26-62)79-55)60(61,8)19-18-59(7)38-12-15-47(57(3,4)37(38)11-13-46(59)61)82-49-22-32(64)21-35(77-49)29-75-56-53(72)52(71)51(70)44(27-63)80-56/h9,11,31-36,38-56,62-73H,1,10,12-30H2,2-8H3/t31-,32+,33+,34+,35+,36?,38?,39+,40+,41-,42-,43-,44-,45-,46?,47+,48-,49+,50+,51-,52+,53-,54+,55+,56+,59+,60-,61+/m1/s1. The summed E-state index contributed by atoms with van der Waals surface area (Å²) in [5.41, 5.74) is -0.233. The topological polar surface area (TPSA) is 335 Å². The predicted molar refractivity (Wildman–Crippen MR) is 295 cm³/mol. The van der Waals surface area contributed by atoms with E-state index >= 15 is 0 Å². The third-order valence-electron chi connectivity index (χ3n) is 21.8. The van der Waals surface area contributed by atoms with Crippen molar-refractivity contribution in [2.24, 2.45) is 45.3 Å². The third-order valence-corrected chi connectivity index (χ3v) is 21.8. The number of hydrogen-bond donors (Lipinski definition) is 12. The number of rotatable bonds is 21. The van der Waals surface area contributed by atoms with Crippen molar-refractivity contribution < 1.29 is 109 Å². The normalized spacial score (nSPS) is 48.3. The van der Waals surface area contributed by atoms with Crippen LogP contribution in [0.1, 0.15) is 145 Å². The maximum Gasteiger partial charge on any atom is 0.186 e. The van der Waals surface area contributed by atoms with E-state index in [1.54, 1.807) is 13.8 Å². The van der Waals surface area contributed by atoms with Gasteiger partial charge in [0.1, 0.15) is 48.8 Å². The van der Waals surface area contributed by atoms with Crippen LogP contribution in [0.2, 0.25) is 0 Å². The van der Waals surface area contributed by atoms with E-state index < -0.39 is 142 Å². The van der Waals surface area contributed by atoms with Crippen molar-refractivity contribution in [2.45, 2.75) is 279 Å². The van der Waals surface area contributed by atoms with E-state index in [9.17, 15) is 61.3 Å². The van der Waals surface area contributed by atoms with Gasteiger partial charge in [-0.05, 0) is 112 Å². The van der Waals surface area contributed by atoms with Gasteiger partial charge in [0.2, 0.25) is 0 Å². The first-order valence-corrected chi connectivity index (χ1v) is 31.0. The molecule has 0 spiro atoms. The molecule has 9 rings (SSSR count). The summed E-state index contributed by atoms with van der Waals surface area (Å²) in [4.78, 5) is 0. The summed E-state index contributed by atoms with van der Waals surface area (Å²) in [6.45, 7) is 18.6. The van der Waals surface area contributed by atoms with E-state index in [0.717, 1.165) is 51.4 Å². The lowest BCUT2D eigenvalue weighted by molar-refractivity contribution is -0.314. The molecule has 3 unspecified atom stereocenters. The molecule has 5 saturated heterocycles. The fourth-order valence-electron chi connectivity index (χ4n) is 17.0. The number of hydrogen-bond acceptors (Lipinski definition) is 22. The predicted octanol–water partition coefficient (Wildman–Crippen LogP) is 1.96. The van der Waals surface area contributed by atoms with Crippen LogP contribution in [0.3, 0.4) is 0 Å². The largest absolute Gasteiger partial charge is 0.394 e.